The largest absolute Gasteiger partial charge is 0.489 e. The van der Waals surface area contributed by atoms with E-state index in [9.17, 15) is 9.59 Å². The number of fused-ring (bicyclic) bond motifs is 1. The third-order valence-electron chi connectivity index (χ3n) is 5.56. The van der Waals surface area contributed by atoms with Gasteiger partial charge in [0.15, 0.2) is 11.4 Å². The number of hydrogen-bond donors (Lipinski definition) is 2. The van der Waals surface area contributed by atoms with Crippen LogP contribution in [0.3, 0.4) is 0 Å². The molecule has 0 radical (unpaired) electrons. The van der Waals surface area contributed by atoms with E-state index >= 15 is 0 Å². The summed E-state index contributed by atoms with van der Waals surface area (Å²) in [5, 5.41) is 11.6. The molecule has 1 amide bonds. The summed E-state index contributed by atoms with van der Waals surface area (Å²) in [5.74, 6) is 0.368. The number of carboxylic acids is 1. The van der Waals surface area contributed by atoms with Crippen molar-refractivity contribution in [2.24, 2.45) is 5.92 Å². The van der Waals surface area contributed by atoms with Crippen LogP contribution in [0.2, 0.25) is 0 Å². The number of rotatable bonds is 10. The minimum Gasteiger partial charge on any atom is -0.489 e. The highest BCUT2D eigenvalue weighted by atomic mass is 16.5. The number of unbranched alkanes of at least 4 members (excludes halogenated alkanes) is 2. The summed E-state index contributed by atoms with van der Waals surface area (Å²) in [5.41, 5.74) is 1.86. The molecule has 1 aliphatic carbocycles. The molecular formula is C22H31N3O4. The van der Waals surface area contributed by atoms with Crippen LogP contribution in [0.25, 0.3) is 5.65 Å². The van der Waals surface area contributed by atoms with Gasteiger partial charge in [-0.15, -0.1) is 0 Å². The summed E-state index contributed by atoms with van der Waals surface area (Å²) >= 11 is 0. The zero-order valence-corrected chi connectivity index (χ0v) is 17.2. The van der Waals surface area contributed by atoms with Gasteiger partial charge in [0, 0.05) is 19.2 Å². The maximum absolute atomic E-state index is 12.7. The van der Waals surface area contributed by atoms with Gasteiger partial charge in [-0.1, -0.05) is 25.7 Å². The van der Waals surface area contributed by atoms with Gasteiger partial charge < -0.3 is 15.2 Å². The van der Waals surface area contributed by atoms with Crippen LogP contribution in [0.1, 0.15) is 74.0 Å². The molecule has 2 aromatic rings. The standard InChI is InChI=1S/C22H31N3O4/c1-16-20(22(28)23-13-7-3-6-12-19(26)27)25-14-8-11-18(21(25)24-16)29-15-17-9-4-2-5-10-17/h8,11,14,17H,2-7,9-10,12-13,15H2,1H3,(H,23,28)(H,26,27). The number of aromatic nitrogens is 2. The molecule has 1 aliphatic rings. The average Bonchev–Trinajstić information content (AvgIpc) is 3.06. The molecule has 0 unspecified atom stereocenters. The summed E-state index contributed by atoms with van der Waals surface area (Å²) in [7, 11) is 0. The van der Waals surface area contributed by atoms with Crippen LogP contribution < -0.4 is 10.1 Å². The first-order chi connectivity index (χ1) is 14.1. The second-order valence-electron chi connectivity index (χ2n) is 7.89. The monoisotopic (exact) mass is 401 g/mol. The van der Waals surface area contributed by atoms with Crippen molar-refractivity contribution in [1.29, 1.82) is 0 Å². The molecule has 7 heteroatoms. The molecule has 158 valence electrons. The zero-order chi connectivity index (χ0) is 20.6. The van der Waals surface area contributed by atoms with E-state index in [0.29, 0.717) is 48.3 Å². The van der Waals surface area contributed by atoms with Crippen LogP contribution in [0.4, 0.5) is 0 Å². The Hall–Kier alpha value is -2.57. The second-order valence-corrected chi connectivity index (χ2v) is 7.89. The van der Waals surface area contributed by atoms with Crippen molar-refractivity contribution < 1.29 is 19.4 Å². The van der Waals surface area contributed by atoms with E-state index in [1.54, 1.807) is 4.40 Å². The molecule has 0 saturated heterocycles. The Bertz CT molecular complexity index is 840. The maximum atomic E-state index is 12.7. The second kappa shape index (κ2) is 10.3. The fourth-order valence-electron chi connectivity index (χ4n) is 3.97. The van der Waals surface area contributed by atoms with Crippen LogP contribution >= 0.6 is 0 Å². The summed E-state index contributed by atoms with van der Waals surface area (Å²) in [6, 6.07) is 3.79. The van der Waals surface area contributed by atoms with Crippen molar-refractivity contribution in [2.75, 3.05) is 13.2 Å². The fraction of sp³-hybridized carbons (Fsp3) is 0.591. The molecule has 0 atom stereocenters. The van der Waals surface area contributed by atoms with E-state index in [2.05, 4.69) is 10.3 Å². The van der Waals surface area contributed by atoms with Gasteiger partial charge in [-0.25, -0.2) is 4.98 Å². The number of amides is 1. The molecular weight excluding hydrogens is 370 g/mol. The fourth-order valence-corrected chi connectivity index (χ4v) is 3.97. The molecule has 0 spiro atoms. The van der Waals surface area contributed by atoms with Crippen LogP contribution in [-0.4, -0.2) is 39.5 Å². The smallest absolute Gasteiger partial charge is 0.303 e. The summed E-state index contributed by atoms with van der Waals surface area (Å²) in [6.45, 7) is 3.05. The quantitative estimate of drug-likeness (QED) is 0.588. The molecule has 3 rings (SSSR count). The van der Waals surface area contributed by atoms with Gasteiger partial charge in [0.1, 0.15) is 5.69 Å². The van der Waals surface area contributed by atoms with Gasteiger partial charge in [-0.05, 0) is 50.7 Å². The molecule has 7 nitrogen and oxygen atoms in total. The number of ether oxygens (including phenoxy) is 1. The summed E-state index contributed by atoms with van der Waals surface area (Å²) < 4.78 is 7.89. The first kappa shape index (κ1) is 21.1. The van der Waals surface area contributed by atoms with Crippen LogP contribution in [0.5, 0.6) is 5.75 Å². The number of aryl methyl sites for hydroxylation is 1. The van der Waals surface area contributed by atoms with Crippen LogP contribution in [-0.2, 0) is 4.79 Å². The predicted octanol–water partition coefficient (Wildman–Crippen LogP) is 3.98. The van der Waals surface area contributed by atoms with Gasteiger partial charge >= 0.3 is 5.97 Å². The SMILES string of the molecule is Cc1nc2c(OCC3CCCCC3)cccn2c1C(=O)NCCCCCC(=O)O. The number of carbonyl (C=O) groups excluding carboxylic acids is 1. The number of nitrogens with one attached hydrogen (secondary N) is 1. The number of carbonyl (C=O) groups is 2. The predicted molar refractivity (Wildman–Crippen MR) is 110 cm³/mol. The highest BCUT2D eigenvalue weighted by molar-refractivity contribution is 5.94. The minimum atomic E-state index is -0.781. The van der Waals surface area contributed by atoms with Gasteiger partial charge in [0.25, 0.3) is 5.91 Å². The Morgan fingerprint density at radius 1 is 1.24 bits per heavy atom. The Balaban J connectivity index is 1.60. The molecule has 2 aromatic heterocycles. The number of carboxylic acid groups (broad SMARTS) is 1. The lowest BCUT2D eigenvalue weighted by molar-refractivity contribution is -0.137. The van der Waals surface area contributed by atoms with Gasteiger partial charge in [0.2, 0.25) is 0 Å². The Labute approximate surface area is 171 Å². The van der Waals surface area contributed by atoms with Crippen molar-refractivity contribution >= 4 is 17.5 Å². The number of nitrogens with zero attached hydrogens (tertiary/aromatic N) is 2. The average molecular weight is 402 g/mol. The van der Waals surface area contributed by atoms with Crippen molar-refractivity contribution in [3.63, 3.8) is 0 Å². The van der Waals surface area contributed by atoms with E-state index in [1.165, 1.54) is 32.1 Å². The molecule has 1 saturated carbocycles. The minimum absolute atomic E-state index is 0.169. The van der Waals surface area contributed by atoms with Crippen LogP contribution in [0, 0.1) is 12.8 Å². The van der Waals surface area contributed by atoms with Crippen molar-refractivity contribution in [1.82, 2.24) is 14.7 Å². The lowest BCUT2D eigenvalue weighted by Crippen LogP contribution is -2.26. The Morgan fingerprint density at radius 2 is 2.03 bits per heavy atom. The van der Waals surface area contributed by atoms with E-state index < -0.39 is 5.97 Å². The number of aliphatic carboxylic acids is 1. The van der Waals surface area contributed by atoms with Crippen molar-refractivity contribution in [2.45, 2.75) is 64.7 Å². The zero-order valence-electron chi connectivity index (χ0n) is 17.2. The first-order valence-corrected chi connectivity index (χ1v) is 10.7. The molecule has 29 heavy (non-hydrogen) atoms. The van der Waals surface area contributed by atoms with Crippen LogP contribution in [0.15, 0.2) is 18.3 Å². The van der Waals surface area contributed by atoms with E-state index in [0.717, 1.165) is 12.8 Å². The molecule has 0 aliphatic heterocycles. The molecule has 2 heterocycles. The lowest BCUT2D eigenvalue weighted by Gasteiger charge is -2.21. The van der Waals surface area contributed by atoms with E-state index in [4.69, 9.17) is 9.84 Å². The third kappa shape index (κ3) is 5.71. The normalized spacial score (nSPS) is 14.8. The highest BCUT2D eigenvalue weighted by Crippen LogP contribution is 2.27. The Morgan fingerprint density at radius 3 is 2.79 bits per heavy atom. The Kier molecular flexibility index (Phi) is 7.49. The lowest BCUT2D eigenvalue weighted by atomic mass is 9.90. The third-order valence-corrected chi connectivity index (χ3v) is 5.56. The number of hydrogen-bond acceptors (Lipinski definition) is 4. The number of pyridine rings is 1. The van der Waals surface area contributed by atoms with Crippen molar-refractivity contribution in [3.05, 3.63) is 29.7 Å². The van der Waals surface area contributed by atoms with E-state index in [1.807, 2.05) is 25.3 Å². The van der Waals surface area contributed by atoms with E-state index in [-0.39, 0.29) is 12.3 Å². The van der Waals surface area contributed by atoms with Crippen molar-refractivity contribution in [3.8, 4) is 5.75 Å². The first-order valence-electron chi connectivity index (χ1n) is 10.7. The highest BCUT2D eigenvalue weighted by Gasteiger charge is 2.20. The van der Waals surface area contributed by atoms with Gasteiger partial charge in [-0.3, -0.25) is 14.0 Å². The topological polar surface area (TPSA) is 92.9 Å². The molecule has 1 fully saturated rings. The maximum Gasteiger partial charge on any atom is 0.303 e. The van der Waals surface area contributed by atoms with Gasteiger partial charge in [-0.2, -0.15) is 0 Å². The summed E-state index contributed by atoms with van der Waals surface area (Å²) in [6.07, 6.45) is 10.5. The molecule has 0 bridgehead atoms. The number of imidazole rings is 1. The molecule has 0 aromatic carbocycles. The van der Waals surface area contributed by atoms with Gasteiger partial charge in [0.05, 0.1) is 12.3 Å². The molecule has 2 N–H and O–H groups in total. The summed E-state index contributed by atoms with van der Waals surface area (Å²) in [4.78, 5) is 27.8.